The van der Waals surface area contributed by atoms with Crippen LogP contribution in [-0.4, -0.2) is 90.0 Å². The molecule has 0 aliphatic rings. The molecule has 17 heavy (non-hydrogen) atoms. The lowest BCUT2D eigenvalue weighted by atomic mass is 8.87. The van der Waals surface area contributed by atoms with Crippen molar-refractivity contribution < 1.29 is 0 Å². The van der Waals surface area contributed by atoms with Gasteiger partial charge in [-0.05, 0) is 6.92 Å². The zero-order valence-corrected chi connectivity index (χ0v) is 12.5. The minimum absolute atomic E-state index is 0.175. The topological polar surface area (TPSA) is 23.8 Å². The van der Waals surface area contributed by atoms with E-state index in [1.165, 1.54) is 70.6 Å². The van der Waals surface area contributed by atoms with Crippen molar-refractivity contribution in [1.29, 1.82) is 5.26 Å². The first-order chi connectivity index (χ1) is 8.31. The fourth-order valence-electron chi connectivity index (χ4n) is 1.89. The lowest BCUT2D eigenvalue weighted by Crippen LogP contribution is -2.33. The van der Waals surface area contributed by atoms with Crippen molar-refractivity contribution >= 4 is 96.4 Å². The maximum Gasteiger partial charge on any atom is 0.148 e. The fraction of sp³-hybridized carbons (Fsp3) is 0.667. The number of hydrogen-bond acceptors (Lipinski definition) is 2. The molecule has 14 heteroatoms. The second-order valence-electron chi connectivity index (χ2n) is 4.82. The first-order valence-corrected chi connectivity index (χ1v) is 8.37. The minimum atomic E-state index is 0.175. The van der Waals surface area contributed by atoms with Gasteiger partial charge in [-0.2, -0.15) is 5.26 Å². The van der Waals surface area contributed by atoms with E-state index in [1.54, 1.807) is 11.6 Å². The van der Waals surface area contributed by atoms with Crippen LogP contribution in [0, 0.1) is 11.3 Å². The van der Waals surface area contributed by atoms with E-state index in [4.69, 9.17) is 5.26 Å². The average Bonchev–Trinajstić information content (AvgIpc) is 2.35. The molecule has 0 aliphatic carbocycles. The van der Waals surface area contributed by atoms with Crippen LogP contribution in [0.25, 0.3) is 0 Å². The molecule has 1 atom stereocenters. The maximum absolute atomic E-state index is 8.63. The predicted molar refractivity (Wildman–Crippen MR) is 110 cm³/mol. The highest BCUT2D eigenvalue weighted by molar-refractivity contribution is 8.28. The summed E-state index contributed by atoms with van der Waals surface area (Å²) >= 11 is 1.79. The summed E-state index contributed by atoms with van der Waals surface area (Å²) in [5, 5.41) is 8.80. The molecule has 0 aromatic heterocycles. The zero-order valence-electron chi connectivity index (χ0n) is 11.7. The van der Waals surface area contributed by atoms with Gasteiger partial charge in [0.05, 0.1) is 26.1 Å². The van der Waals surface area contributed by atoms with Crippen molar-refractivity contribution in [2.75, 3.05) is 0 Å². The van der Waals surface area contributed by atoms with Gasteiger partial charge < -0.3 is 0 Å². The Hall–Kier alpha value is 0.619. The van der Waals surface area contributed by atoms with Crippen LogP contribution in [-0.2, 0) is 0 Å². The van der Waals surface area contributed by atoms with Crippen LogP contribution in [0.15, 0.2) is 0 Å². The van der Waals surface area contributed by atoms with Gasteiger partial charge in [-0.25, -0.2) is 11.6 Å². The molecule has 0 fully saturated rings. The zero-order chi connectivity index (χ0) is 12.8. The third kappa shape index (κ3) is 14.6. The molecule has 0 spiro atoms. The third-order valence-corrected chi connectivity index (χ3v) is 4.18. The molecule has 0 saturated heterocycles. The van der Waals surface area contributed by atoms with Crippen LogP contribution >= 0.6 is 11.6 Å². The van der Waals surface area contributed by atoms with E-state index < -0.39 is 0 Å². The van der Waals surface area contributed by atoms with Crippen molar-refractivity contribution in [3.63, 3.8) is 0 Å². The number of rotatable bonds is 12. The van der Waals surface area contributed by atoms with Crippen molar-refractivity contribution in [3.8, 4) is 6.07 Å². The minimum Gasteiger partial charge on any atom is -0.208 e. The van der Waals surface area contributed by atoms with Crippen LogP contribution in [0.4, 0.5) is 0 Å². The summed E-state index contributed by atoms with van der Waals surface area (Å²) in [5.41, 5.74) is 0. The molecule has 0 heterocycles. The fourth-order valence-corrected chi connectivity index (χ4v) is 2.69. The quantitative estimate of drug-likeness (QED) is 0.245. The first-order valence-electron chi connectivity index (χ1n) is 7.32. The number of hydrogen-bond donors (Lipinski definition) is 0. The van der Waals surface area contributed by atoms with Gasteiger partial charge in [0.1, 0.15) is 6.45 Å². The number of nitriles is 1. The molecule has 0 rings (SSSR count). The van der Waals surface area contributed by atoms with Crippen LogP contribution in [0.5, 0.6) is 0 Å². The molecular weight excluding hydrogens is 212 g/mol. The van der Waals surface area contributed by atoms with E-state index in [0.29, 0.717) is 0 Å². The highest BCUT2D eigenvalue weighted by Crippen LogP contribution is 2.04. The van der Waals surface area contributed by atoms with E-state index in [0.717, 1.165) is 6.45 Å². The second kappa shape index (κ2) is 14.7. The predicted octanol–water partition coefficient (Wildman–Crippen LogP) is -6.95. The Morgan fingerprint density at radius 3 is 1.88 bits per heavy atom. The largest absolute Gasteiger partial charge is 0.208 e. The molecular formula is C3H17B12NS. The molecule has 0 saturated carbocycles. The summed E-state index contributed by atoms with van der Waals surface area (Å²) in [6.45, 7) is 1.99. The Bertz CT molecular complexity index is 197. The van der Waals surface area contributed by atoms with Crippen molar-refractivity contribution in [2.45, 2.75) is 12.2 Å². The average molecular weight is 229 g/mol. The molecule has 1 nitrogen and oxygen atoms in total. The molecule has 0 amide bonds. The molecule has 0 aromatic carbocycles. The lowest BCUT2D eigenvalue weighted by Gasteiger charge is -1.98. The van der Waals surface area contributed by atoms with E-state index in [2.05, 4.69) is 13.8 Å². The van der Waals surface area contributed by atoms with E-state index in [-0.39, 0.29) is 5.25 Å². The van der Waals surface area contributed by atoms with Gasteiger partial charge in [0.25, 0.3) is 0 Å². The molecule has 76 valence electrons. The van der Waals surface area contributed by atoms with Crippen molar-refractivity contribution in [2.24, 2.45) is 0 Å². The number of nitrogens with zero attached hydrogens (tertiary/aromatic N) is 1. The summed E-state index contributed by atoms with van der Waals surface area (Å²) in [6, 6.07) is 2.26. The van der Waals surface area contributed by atoms with Crippen LogP contribution in [0.3, 0.4) is 0 Å². The molecule has 1 unspecified atom stereocenters. The summed E-state index contributed by atoms with van der Waals surface area (Å²) in [5.74, 6) is 0. The van der Waals surface area contributed by atoms with Crippen molar-refractivity contribution in [1.82, 2.24) is 0 Å². The van der Waals surface area contributed by atoms with Gasteiger partial charge in [0, 0.05) is 63.5 Å². The second-order valence-corrected chi connectivity index (χ2v) is 6.27. The Morgan fingerprint density at radius 2 is 1.41 bits per heavy atom. The molecule has 0 aromatic rings. The van der Waals surface area contributed by atoms with E-state index >= 15 is 0 Å². The normalized spacial score (nSPS) is 9.65. The summed E-state index contributed by atoms with van der Waals surface area (Å²) in [6.07, 6.45) is 1.16. The monoisotopic (exact) mass is 231 g/mol. The highest BCUT2D eigenvalue weighted by Gasteiger charge is 2.04. The van der Waals surface area contributed by atoms with Crippen LogP contribution in [0.2, 0.25) is 0 Å². The smallest absolute Gasteiger partial charge is 0.148 e. The van der Waals surface area contributed by atoms with Gasteiger partial charge in [-0.3, -0.25) is 0 Å². The van der Waals surface area contributed by atoms with Crippen LogP contribution in [0.1, 0.15) is 6.92 Å². The maximum atomic E-state index is 8.63. The SMILES string of the molecule is BBBBBBBBBBBBSC(C)C#N. The van der Waals surface area contributed by atoms with Gasteiger partial charge in [-0.1, -0.05) is 0 Å². The molecule has 0 N–H and O–H groups in total. The van der Waals surface area contributed by atoms with Gasteiger partial charge in [0.2, 0.25) is 0 Å². The van der Waals surface area contributed by atoms with Gasteiger partial charge >= 0.3 is 0 Å². The Balaban J connectivity index is 2.97. The Kier molecular flexibility index (Phi) is 15.2. The van der Waals surface area contributed by atoms with Crippen LogP contribution < -0.4 is 0 Å². The van der Waals surface area contributed by atoms with E-state index in [1.807, 2.05) is 6.92 Å². The standard InChI is InChI=1S/C3H17B12NS/c1-3(2-16)17-15-14-13-12-11-10-9-8-7-6-5-4/h3,5-15H,4H2,1H3. The van der Waals surface area contributed by atoms with Gasteiger partial charge in [0.15, 0.2) is 0 Å². The third-order valence-electron chi connectivity index (χ3n) is 3.05. The lowest BCUT2D eigenvalue weighted by molar-refractivity contribution is 1.25. The summed E-state index contributed by atoms with van der Waals surface area (Å²) in [4.78, 5) is 0. The first kappa shape index (κ1) is 17.6. The van der Waals surface area contributed by atoms with Crippen molar-refractivity contribution in [3.05, 3.63) is 0 Å². The summed E-state index contributed by atoms with van der Waals surface area (Å²) < 4.78 is 0. The highest BCUT2D eigenvalue weighted by atomic mass is 32.2. The van der Waals surface area contributed by atoms with E-state index in [9.17, 15) is 0 Å². The summed E-state index contributed by atoms with van der Waals surface area (Å²) in [7, 11) is 16.2. The Morgan fingerprint density at radius 1 is 0.941 bits per heavy atom. The molecule has 0 radical (unpaired) electrons. The molecule has 0 bridgehead atoms. The Labute approximate surface area is 120 Å². The van der Waals surface area contributed by atoms with Gasteiger partial charge in [-0.15, -0.1) is 0 Å². The molecule has 0 aliphatic heterocycles.